The Balaban J connectivity index is 2.43. The molecule has 0 bridgehead atoms. The van der Waals surface area contributed by atoms with Crippen LogP contribution in [-0.4, -0.2) is 9.78 Å². The van der Waals surface area contributed by atoms with Gasteiger partial charge in [-0.2, -0.15) is 5.10 Å². The van der Waals surface area contributed by atoms with Crippen molar-refractivity contribution in [3.63, 3.8) is 0 Å². The highest BCUT2D eigenvalue weighted by Crippen LogP contribution is 2.08. The third-order valence-corrected chi connectivity index (χ3v) is 2.45. The van der Waals surface area contributed by atoms with E-state index in [-0.39, 0.29) is 5.43 Å². The summed E-state index contributed by atoms with van der Waals surface area (Å²) in [6, 6.07) is 7.48. The summed E-state index contributed by atoms with van der Waals surface area (Å²) < 4.78 is 1.83. The van der Waals surface area contributed by atoms with Gasteiger partial charge in [-0.1, -0.05) is 12.1 Å². The molecule has 0 spiro atoms. The molecule has 1 aromatic heterocycles. The Hall–Kier alpha value is -2.08. The molecule has 0 radical (unpaired) electrons. The summed E-state index contributed by atoms with van der Waals surface area (Å²) in [7, 11) is 0. The van der Waals surface area contributed by atoms with Gasteiger partial charge in [-0.05, 0) is 18.6 Å². The zero-order chi connectivity index (χ0) is 11.4. The maximum atomic E-state index is 11.6. The fraction of sp³-hybridized carbons (Fsp3) is 0.231. The van der Waals surface area contributed by atoms with E-state index in [1.807, 2.05) is 28.9 Å². The number of hydrogen-bond acceptors (Lipinski definition) is 2. The van der Waals surface area contributed by atoms with Crippen LogP contribution < -0.4 is 5.43 Å². The monoisotopic (exact) mass is 212 g/mol. The van der Waals surface area contributed by atoms with E-state index in [0.29, 0.717) is 5.39 Å². The molecule has 0 amide bonds. The molecule has 0 aliphatic carbocycles. The van der Waals surface area contributed by atoms with Crippen LogP contribution >= 0.6 is 0 Å². The van der Waals surface area contributed by atoms with E-state index in [1.165, 1.54) is 6.20 Å². The Morgan fingerprint density at radius 3 is 3.00 bits per heavy atom. The molecule has 16 heavy (non-hydrogen) atoms. The molecule has 1 heterocycles. The van der Waals surface area contributed by atoms with Gasteiger partial charge in [-0.15, -0.1) is 12.3 Å². The van der Waals surface area contributed by atoms with Gasteiger partial charge in [0, 0.05) is 18.4 Å². The minimum absolute atomic E-state index is 0.0381. The highest BCUT2D eigenvalue weighted by molar-refractivity contribution is 5.77. The highest BCUT2D eigenvalue weighted by atomic mass is 16.1. The highest BCUT2D eigenvalue weighted by Gasteiger charge is 2.01. The number of rotatable bonds is 3. The second kappa shape index (κ2) is 4.63. The third kappa shape index (κ3) is 1.96. The maximum absolute atomic E-state index is 11.6. The van der Waals surface area contributed by atoms with Crippen molar-refractivity contribution in [1.29, 1.82) is 0 Å². The Morgan fingerprint density at radius 1 is 1.38 bits per heavy atom. The fourth-order valence-electron chi connectivity index (χ4n) is 1.67. The van der Waals surface area contributed by atoms with Crippen molar-refractivity contribution in [3.8, 4) is 12.3 Å². The molecular formula is C13H12N2O. The summed E-state index contributed by atoms with van der Waals surface area (Å²) in [5.74, 6) is 2.59. The van der Waals surface area contributed by atoms with Gasteiger partial charge in [0.05, 0.1) is 11.7 Å². The van der Waals surface area contributed by atoms with E-state index in [2.05, 4.69) is 11.0 Å². The molecule has 0 fully saturated rings. The summed E-state index contributed by atoms with van der Waals surface area (Å²) in [6.07, 6.45) is 8.15. The van der Waals surface area contributed by atoms with Crippen LogP contribution in [0.5, 0.6) is 0 Å². The summed E-state index contributed by atoms with van der Waals surface area (Å²) in [5, 5.41) is 4.82. The molecule has 3 nitrogen and oxygen atoms in total. The number of aryl methyl sites for hydroxylation is 1. The van der Waals surface area contributed by atoms with Crippen LogP contribution in [0.25, 0.3) is 10.9 Å². The van der Waals surface area contributed by atoms with Gasteiger partial charge in [0.25, 0.3) is 0 Å². The van der Waals surface area contributed by atoms with Crippen molar-refractivity contribution >= 4 is 10.9 Å². The van der Waals surface area contributed by atoms with Crippen LogP contribution in [-0.2, 0) is 6.54 Å². The molecule has 0 saturated heterocycles. The molecule has 0 N–H and O–H groups in total. The Kier molecular flexibility index (Phi) is 3.02. The first-order valence-electron chi connectivity index (χ1n) is 5.21. The van der Waals surface area contributed by atoms with Crippen LogP contribution in [0.4, 0.5) is 0 Å². The number of para-hydroxylation sites is 1. The van der Waals surface area contributed by atoms with E-state index in [4.69, 9.17) is 6.42 Å². The van der Waals surface area contributed by atoms with Gasteiger partial charge in [-0.25, -0.2) is 0 Å². The predicted molar refractivity (Wildman–Crippen MR) is 64.1 cm³/mol. The maximum Gasteiger partial charge on any atom is 0.207 e. The lowest BCUT2D eigenvalue weighted by atomic mass is 10.2. The molecule has 3 heteroatoms. The lowest BCUT2D eigenvalue weighted by molar-refractivity contribution is 0.595. The van der Waals surface area contributed by atoms with Crippen molar-refractivity contribution in [2.75, 3.05) is 0 Å². The first-order valence-corrected chi connectivity index (χ1v) is 5.21. The number of unbranched alkanes of at least 4 members (excludes halogenated alkanes) is 1. The lowest BCUT2D eigenvalue weighted by Gasteiger charge is -2.07. The first-order chi connectivity index (χ1) is 7.83. The third-order valence-electron chi connectivity index (χ3n) is 2.45. The molecule has 0 aliphatic rings. The van der Waals surface area contributed by atoms with E-state index in [9.17, 15) is 4.79 Å². The number of aromatic nitrogens is 2. The van der Waals surface area contributed by atoms with Crippen LogP contribution in [0.15, 0.2) is 35.3 Å². The van der Waals surface area contributed by atoms with Gasteiger partial charge in [-0.3, -0.25) is 9.48 Å². The molecular weight excluding hydrogens is 200 g/mol. The number of fused-ring (bicyclic) bond motifs is 1. The van der Waals surface area contributed by atoms with Crippen molar-refractivity contribution in [3.05, 3.63) is 40.7 Å². The minimum atomic E-state index is -0.0381. The fourth-order valence-corrected chi connectivity index (χ4v) is 1.67. The van der Waals surface area contributed by atoms with Crippen LogP contribution in [0.2, 0.25) is 0 Å². The van der Waals surface area contributed by atoms with Gasteiger partial charge in [0.2, 0.25) is 5.43 Å². The Morgan fingerprint density at radius 2 is 2.19 bits per heavy atom. The molecule has 0 atom stereocenters. The van der Waals surface area contributed by atoms with E-state index < -0.39 is 0 Å². The molecule has 0 aliphatic heterocycles. The second-order valence-electron chi connectivity index (χ2n) is 3.56. The topological polar surface area (TPSA) is 34.9 Å². The molecule has 80 valence electrons. The zero-order valence-electron chi connectivity index (χ0n) is 8.89. The molecule has 1 aromatic carbocycles. The number of hydrogen-bond donors (Lipinski definition) is 0. The van der Waals surface area contributed by atoms with Crippen molar-refractivity contribution < 1.29 is 0 Å². The standard InChI is InChI=1S/C13H12N2O/c1-2-3-6-9-15-12-8-5-4-7-11(12)13(16)10-14-15/h1,4-5,7-8,10H,3,6,9H2. The van der Waals surface area contributed by atoms with E-state index >= 15 is 0 Å². The summed E-state index contributed by atoms with van der Waals surface area (Å²) >= 11 is 0. The van der Waals surface area contributed by atoms with E-state index in [0.717, 1.165) is 24.9 Å². The molecule has 2 rings (SSSR count). The van der Waals surface area contributed by atoms with Crippen LogP contribution in [0.3, 0.4) is 0 Å². The Bertz CT molecular complexity index is 593. The van der Waals surface area contributed by atoms with Crippen molar-refractivity contribution in [1.82, 2.24) is 9.78 Å². The van der Waals surface area contributed by atoms with E-state index in [1.54, 1.807) is 0 Å². The zero-order valence-corrected chi connectivity index (χ0v) is 8.89. The number of terminal acetylenes is 1. The predicted octanol–water partition coefficient (Wildman–Crippen LogP) is 1.81. The van der Waals surface area contributed by atoms with Crippen molar-refractivity contribution in [2.24, 2.45) is 0 Å². The normalized spacial score (nSPS) is 10.2. The quantitative estimate of drug-likeness (QED) is 0.574. The average molecular weight is 212 g/mol. The van der Waals surface area contributed by atoms with Gasteiger partial charge < -0.3 is 0 Å². The van der Waals surface area contributed by atoms with Gasteiger partial charge in [0.1, 0.15) is 0 Å². The first kappa shape index (κ1) is 10.4. The second-order valence-corrected chi connectivity index (χ2v) is 3.56. The number of nitrogens with zero attached hydrogens (tertiary/aromatic N) is 2. The lowest BCUT2D eigenvalue weighted by Crippen LogP contribution is -2.12. The smallest absolute Gasteiger partial charge is 0.207 e. The number of benzene rings is 1. The largest absolute Gasteiger partial charge is 0.287 e. The molecule has 0 saturated carbocycles. The van der Waals surface area contributed by atoms with Crippen molar-refractivity contribution in [2.45, 2.75) is 19.4 Å². The van der Waals surface area contributed by atoms with Crippen LogP contribution in [0, 0.1) is 12.3 Å². The molecule has 0 unspecified atom stereocenters. The SMILES string of the molecule is C#CCCCn1ncc(=O)c2ccccc21. The summed E-state index contributed by atoms with van der Waals surface area (Å²) in [4.78, 5) is 11.6. The minimum Gasteiger partial charge on any atom is -0.287 e. The van der Waals surface area contributed by atoms with Gasteiger partial charge >= 0.3 is 0 Å². The van der Waals surface area contributed by atoms with Gasteiger partial charge in [0.15, 0.2) is 0 Å². The average Bonchev–Trinajstić information content (AvgIpc) is 2.33. The Labute approximate surface area is 93.7 Å². The summed E-state index contributed by atoms with van der Waals surface area (Å²) in [6.45, 7) is 0.741. The van der Waals surface area contributed by atoms with Crippen LogP contribution in [0.1, 0.15) is 12.8 Å². The molecule has 2 aromatic rings. The summed E-state index contributed by atoms with van der Waals surface area (Å²) in [5.41, 5.74) is 0.829.